The molecule has 0 aliphatic carbocycles. The van der Waals surface area contributed by atoms with Crippen LogP contribution in [-0.2, 0) is 9.53 Å². The van der Waals surface area contributed by atoms with Crippen molar-refractivity contribution in [3.63, 3.8) is 0 Å². The van der Waals surface area contributed by atoms with E-state index in [1.165, 1.54) is 0 Å². The zero-order chi connectivity index (χ0) is 12.3. The molecule has 3 atom stereocenters. The molecule has 0 radical (unpaired) electrons. The van der Waals surface area contributed by atoms with Crippen LogP contribution in [0, 0.1) is 5.92 Å². The number of rotatable bonds is 3. The third-order valence-electron chi connectivity index (χ3n) is 3.29. The van der Waals surface area contributed by atoms with Crippen LogP contribution in [0.5, 0.6) is 0 Å². The first-order valence-electron chi connectivity index (χ1n) is 6.12. The van der Waals surface area contributed by atoms with E-state index in [-0.39, 0.29) is 18.1 Å². The number of hydrogen-bond acceptors (Lipinski definition) is 2. The lowest BCUT2D eigenvalue weighted by Gasteiger charge is -2.27. The molecule has 0 spiro atoms. The Balaban J connectivity index is 2.22. The van der Waals surface area contributed by atoms with Gasteiger partial charge in [0.05, 0.1) is 12.1 Å². The van der Waals surface area contributed by atoms with Gasteiger partial charge in [-0.15, -0.1) is 0 Å². The Bertz CT molecular complexity index is 377. The standard InChI is InChI=1S/C14H19NO2/c1-10-8-9-17-14(10)13(15-11(2)16)12-6-4-3-5-7-12/h3-7,10,13-14H,8-9H2,1-2H3,(H,15,16). The first kappa shape index (κ1) is 12.1. The van der Waals surface area contributed by atoms with E-state index < -0.39 is 0 Å². The average molecular weight is 233 g/mol. The van der Waals surface area contributed by atoms with Crippen molar-refractivity contribution in [1.82, 2.24) is 5.32 Å². The Labute approximate surface area is 102 Å². The van der Waals surface area contributed by atoms with Crippen molar-refractivity contribution in [2.45, 2.75) is 32.4 Å². The second-order valence-electron chi connectivity index (χ2n) is 4.69. The van der Waals surface area contributed by atoms with E-state index in [1.54, 1.807) is 6.92 Å². The van der Waals surface area contributed by atoms with Crippen LogP contribution in [0.25, 0.3) is 0 Å². The van der Waals surface area contributed by atoms with Gasteiger partial charge < -0.3 is 10.1 Å². The van der Waals surface area contributed by atoms with E-state index in [9.17, 15) is 4.79 Å². The van der Waals surface area contributed by atoms with Crippen LogP contribution in [0.1, 0.15) is 31.9 Å². The summed E-state index contributed by atoms with van der Waals surface area (Å²) in [6, 6.07) is 10.00. The first-order chi connectivity index (χ1) is 8.18. The van der Waals surface area contributed by atoms with Gasteiger partial charge in [0, 0.05) is 13.5 Å². The van der Waals surface area contributed by atoms with Gasteiger partial charge in [-0.05, 0) is 17.9 Å². The molecule has 1 aliphatic rings. The van der Waals surface area contributed by atoms with E-state index in [2.05, 4.69) is 12.2 Å². The second kappa shape index (κ2) is 5.32. The minimum Gasteiger partial charge on any atom is -0.375 e. The van der Waals surface area contributed by atoms with Gasteiger partial charge in [0.2, 0.25) is 5.91 Å². The number of amides is 1. The smallest absolute Gasteiger partial charge is 0.217 e. The fraction of sp³-hybridized carbons (Fsp3) is 0.500. The van der Waals surface area contributed by atoms with Crippen LogP contribution < -0.4 is 5.32 Å². The van der Waals surface area contributed by atoms with Gasteiger partial charge in [-0.1, -0.05) is 37.3 Å². The van der Waals surface area contributed by atoms with Gasteiger partial charge in [0.1, 0.15) is 0 Å². The summed E-state index contributed by atoms with van der Waals surface area (Å²) in [5.74, 6) is 0.466. The lowest BCUT2D eigenvalue weighted by Crippen LogP contribution is -2.37. The first-order valence-corrected chi connectivity index (χ1v) is 6.12. The fourth-order valence-electron chi connectivity index (χ4n) is 2.38. The average Bonchev–Trinajstić information content (AvgIpc) is 2.73. The second-order valence-corrected chi connectivity index (χ2v) is 4.69. The molecule has 2 rings (SSSR count). The molecule has 92 valence electrons. The van der Waals surface area contributed by atoms with E-state index in [0.717, 1.165) is 18.6 Å². The molecule has 1 amide bonds. The minimum absolute atomic E-state index is 0.0125. The summed E-state index contributed by atoms with van der Waals surface area (Å²) < 4.78 is 5.77. The Morgan fingerprint density at radius 1 is 1.41 bits per heavy atom. The summed E-state index contributed by atoms with van der Waals surface area (Å²) in [5, 5.41) is 3.00. The van der Waals surface area contributed by atoms with Crippen molar-refractivity contribution in [3.8, 4) is 0 Å². The Morgan fingerprint density at radius 2 is 2.12 bits per heavy atom. The lowest BCUT2D eigenvalue weighted by atomic mass is 9.92. The predicted octanol–water partition coefficient (Wildman–Crippen LogP) is 2.29. The van der Waals surface area contributed by atoms with Crippen molar-refractivity contribution in [2.24, 2.45) is 5.92 Å². The van der Waals surface area contributed by atoms with Crippen LogP contribution in [0.2, 0.25) is 0 Å². The molecule has 1 saturated heterocycles. The molecule has 1 aliphatic heterocycles. The molecule has 1 heterocycles. The van der Waals surface area contributed by atoms with E-state index in [0.29, 0.717) is 5.92 Å². The number of carbonyl (C=O) groups is 1. The molecule has 3 unspecified atom stereocenters. The van der Waals surface area contributed by atoms with Gasteiger partial charge >= 0.3 is 0 Å². The monoisotopic (exact) mass is 233 g/mol. The van der Waals surface area contributed by atoms with E-state index in [1.807, 2.05) is 30.3 Å². The summed E-state index contributed by atoms with van der Waals surface area (Å²) in [5.41, 5.74) is 1.11. The molecule has 3 heteroatoms. The Kier molecular flexibility index (Phi) is 3.79. The van der Waals surface area contributed by atoms with Gasteiger partial charge in [0.25, 0.3) is 0 Å². The zero-order valence-electron chi connectivity index (χ0n) is 10.3. The van der Waals surface area contributed by atoms with E-state index in [4.69, 9.17) is 4.74 Å². The predicted molar refractivity (Wildman–Crippen MR) is 66.5 cm³/mol. The molecule has 3 nitrogen and oxygen atoms in total. The number of ether oxygens (including phenoxy) is 1. The molecule has 0 saturated carbocycles. The minimum atomic E-state index is -0.0359. The summed E-state index contributed by atoms with van der Waals surface area (Å²) in [6.45, 7) is 4.51. The summed E-state index contributed by atoms with van der Waals surface area (Å²) in [6.07, 6.45) is 1.15. The third-order valence-corrected chi connectivity index (χ3v) is 3.29. The molecule has 1 N–H and O–H groups in total. The van der Waals surface area contributed by atoms with Crippen LogP contribution in [0.15, 0.2) is 30.3 Å². The lowest BCUT2D eigenvalue weighted by molar-refractivity contribution is -0.120. The third kappa shape index (κ3) is 2.86. The molecular weight excluding hydrogens is 214 g/mol. The molecule has 1 aromatic rings. The number of carbonyl (C=O) groups excluding carboxylic acids is 1. The van der Waals surface area contributed by atoms with Crippen LogP contribution in [0.4, 0.5) is 0 Å². The normalized spacial score (nSPS) is 25.5. The van der Waals surface area contributed by atoms with E-state index >= 15 is 0 Å². The number of nitrogens with one attached hydrogen (secondary N) is 1. The zero-order valence-corrected chi connectivity index (χ0v) is 10.3. The molecule has 0 bridgehead atoms. The Hall–Kier alpha value is -1.35. The highest BCUT2D eigenvalue weighted by Crippen LogP contribution is 2.31. The summed E-state index contributed by atoms with van der Waals surface area (Å²) in [4.78, 5) is 11.3. The maximum Gasteiger partial charge on any atom is 0.217 e. The molecule has 1 fully saturated rings. The van der Waals surface area contributed by atoms with Crippen molar-refractivity contribution in [1.29, 1.82) is 0 Å². The van der Waals surface area contributed by atoms with Gasteiger partial charge in [-0.2, -0.15) is 0 Å². The topological polar surface area (TPSA) is 38.3 Å². The molecule has 1 aromatic carbocycles. The SMILES string of the molecule is CC(=O)NC(c1ccccc1)C1OCCC1C. The van der Waals surface area contributed by atoms with Crippen LogP contribution >= 0.6 is 0 Å². The quantitative estimate of drug-likeness (QED) is 0.870. The van der Waals surface area contributed by atoms with Gasteiger partial charge in [0.15, 0.2) is 0 Å². The van der Waals surface area contributed by atoms with Crippen molar-refractivity contribution in [3.05, 3.63) is 35.9 Å². The Morgan fingerprint density at radius 3 is 2.65 bits per heavy atom. The molecule has 0 aromatic heterocycles. The van der Waals surface area contributed by atoms with Crippen LogP contribution in [0.3, 0.4) is 0 Å². The fourth-order valence-corrected chi connectivity index (χ4v) is 2.38. The number of benzene rings is 1. The van der Waals surface area contributed by atoms with Crippen molar-refractivity contribution in [2.75, 3.05) is 6.61 Å². The van der Waals surface area contributed by atoms with Gasteiger partial charge in [-0.3, -0.25) is 4.79 Å². The summed E-state index contributed by atoms with van der Waals surface area (Å²) >= 11 is 0. The highest BCUT2D eigenvalue weighted by atomic mass is 16.5. The maximum absolute atomic E-state index is 11.3. The molecule has 17 heavy (non-hydrogen) atoms. The molecular formula is C14H19NO2. The summed E-state index contributed by atoms with van der Waals surface area (Å²) in [7, 11) is 0. The number of hydrogen-bond donors (Lipinski definition) is 1. The highest BCUT2D eigenvalue weighted by Gasteiger charge is 2.33. The van der Waals surface area contributed by atoms with Gasteiger partial charge in [-0.25, -0.2) is 0 Å². The maximum atomic E-state index is 11.3. The highest BCUT2D eigenvalue weighted by molar-refractivity contribution is 5.73. The van der Waals surface area contributed by atoms with Crippen molar-refractivity contribution >= 4 is 5.91 Å². The largest absolute Gasteiger partial charge is 0.375 e. The van der Waals surface area contributed by atoms with Crippen molar-refractivity contribution < 1.29 is 9.53 Å². The van der Waals surface area contributed by atoms with Crippen LogP contribution in [-0.4, -0.2) is 18.6 Å².